The minimum atomic E-state index is -0.594. The van der Waals surface area contributed by atoms with E-state index in [9.17, 15) is 9.59 Å². The molecule has 2 rings (SSSR count). The molecule has 0 saturated carbocycles. The lowest BCUT2D eigenvalue weighted by Gasteiger charge is -2.07. The molecular formula is C10H8N4O3. The Morgan fingerprint density at radius 3 is 2.53 bits per heavy atom. The quantitative estimate of drug-likeness (QED) is 0.761. The van der Waals surface area contributed by atoms with E-state index in [0.29, 0.717) is 5.75 Å². The standard InChI is InChI=1S/C10H8N4O3/c11-5-6-17-8-4-2-1-3-7(8)14-9(15)12-13-10(14)16/h1-4H,6H2,(H,12,15)(H,13,16). The first-order valence-electron chi connectivity index (χ1n) is 4.73. The zero-order chi connectivity index (χ0) is 12.3. The van der Waals surface area contributed by atoms with Gasteiger partial charge in [-0.2, -0.15) is 5.26 Å². The summed E-state index contributed by atoms with van der Waals surface area (Å²) in [5.74, 6) is 0.293. The molecule has 7 nitrogen and oxygen atoms in total. The van der Waals surface area contributed by atoms with Gasteiger partial charge in [0.05, 0.1) is 5.69 Å². The van der Waals surface area contributed by atoms with Crippen molar-refractivity contribution in [2.24, 2.45) is 0 Å². The molecule has 0 aliphatic heterocycles. The molecule has 0 bridgehead atoms. The molecule has 1 heterocycles. The molecule has 0 atom stereocenters. The molecule has 0 aliphatic rings. The van der Waals surface area contributed by atoms with Crippen molar-refractivity contribution in [2.45, 2.75) is 0 Å². The van der Waals surface area contributed by atoms with Gasteiger partial charge in [0.15, 0.2) is 6.61 Å². The molecule has 1 aromatic carbocycles. The molecule has 2 aromatic rings. The number of hydrogen-bond acceptors (Lipinski definition) is 4. The Morgan fingerprint density at radius 2 is 1.88 bits per heavy atom. The van der Waals surface area contributed by atoms with Crippen molar-refractivity contribution >= 4 is 0 Å². The highest BCUT2D eigenvalue weighted by molar-refractivity contribution is 5.46. The number of hydrogen-bond donors (Lipinski definition) is 2. The number of aromatic amines is 2. The summed E-state index contributed by atoms with van der Waals surface area (Å²) in [7, 11) is 0. The van der Waals surface area contributed by atoms with Crippen LogP contribution in [0, 0.1) is 11.3 Å². The van der Waals surface area contributed by atoms with Gasteiger partial charge in [-0.05, 0) is 12.1 Å². The molecular weight excluding hydrogens is 224 g/mol. The molecule has 0 radical (unpaired) electrons. The van der Waals surface area contributed by atoms with Gasteiger partial charge in [-0.3, -0.25) is 0 Å². The van der Waals surface area contributed by atoms with Crippen LogP contribution < -0.4 is 16.1 Å². The van der Waals surface area contributed by atoms with Gasteiger partial charge in [0.1, 0.15) is 11.8 Å². The Labute approximate surface area is 94.9 Å². The van der Waals surface area contributed by atoms with Crippen molar-refractivity contribution in [1.82, 2.24) is 14.8 Å². The summed E-state index contributed by atoms with van der Waals surface area (Å²) in [5, 5.41) is 12.8. The molecule has 0 amide bonds. The summed E-state index contributed by atoms with van der Waals surface area (Å²) < 4.78 is 6.03. The zero-order valence-corrected chi connectivity index (χ0v) is 8.64. The number of ether oxygens (including phenoxy) is 1. The number of para-hydroxylation sites is 2. The summed E-state index contributed by atoms with van der Waals surface area (Å²) in [6, 6.07) is 8.29. The minimum absolute atomic E-state index is 0.159. The number of aromatic nitrogens is 3. The predicted molar refractivity (Wildman–Crippen MR) is 58.1 cm³/mol. The number of nitrogens with one attached hydrogen (secondary N) is 2. The Balaban J connectivity index is 2.57. The zero-order valence-electron chi connectivity index (χ0n) is 8.64. The van der Waals surface area contributed by atoms with Gasteiger partial charge < -0.3 is 4.74 Å². The van der Waals surface area contributed by atoms with Crippen molar-refractivity contribution < 1.29 is 4.74 Å². The highest BCUT2D eigenvalue weighted by Gasteiger charge is 2.10. The maximum atomic E-state index is 11.4. The highest BCUT2D eigenvalue weighted by Crippen LogP contribution is 2.19. The van der Waals surface area contributed by atoms with E-state index in [-0.39, 0.29) is 12.3 Å². The van der Waals surface area contributed by atoms with Crippen molar-refractivity contribution in [1.29, 1.82) is 5.26 Å². The van der Waals surface area contributed by atoms with Gasteiger partial charge in [-0.1, -0.05) is 12.1 Å². The van der Waals surface area contributed by atoms with E-state index in [1.165, 1.54) is 0 Å². The summed E-state index contributed by atoms with van der Waals surface area (Å²) in [6.07, 6.45) is 0. The molecule has 0 aliphatic carbocycles. The Kier molecular flexibility index (Phi) is 2.79. The molecule has 17 heavy (non-hydrogen) atoms. The third kappa shape index (κ3) is 1.96. The van der Waals surface area contributed by atoms with Crippen LogP contribution in [0.25, 0.3) is 5.69 Å². The Bertz CT molecular complexity index is 646. The summed E-state index contributed by atoms with van der Waals surface area (Å²) in [6.45, 7) is -0.159. The first-order valence-corrected chi connectivity index (χ1v) is 4.73. The number of benzene rings is 1. The SMILES string of the molecule is N#CCOc1ccccc1-n1c(=O)[nH][nH]c1=O. The topological polar surface area (TPSA) is 104 Å². The third-order valence-corrected chi connectivity index (χ3v) is 2.08. The van der Waals surface area contributed by atoms with Gasteiger partial charge in [-0.25, -0.2) is 24.4 Å². The van der Waals surface area contributed by atoms with Gasteiger partial charge in [0, 0.05) is 0 Å². The van der Waals surface area contributed by atoms with Crippen molar-refractivity contribution in [3.05, 3.63) is 45.2 Å². The second kappa shape index (κ2) is 4.40. The lowest BCUT2D eigenvalue weighted by molar-refractivity contribution is 0.366. The largest absolute Gasteiger partial charge is 0.477 e. The number of nitriles is 1. The fourth-order valence-corrected chi connectivity index (χ4v) is 1.40. The van der Waals surface area contributed by atoms with E-state index in [4.69, 9.17) is 10.00 Å². The van der Waals surface area contributed by atoms with Gasteiger partial charge in [0.25, 0.3) is 0 Å². The number of rotatable bonds is 3. The number of nitrogens with zero attached hydrogens (tertiary/aromatic N) is 2. The van der Waals surface area contributed by atoms with E-state index >= 15 is 0 Å². The van der Waals surface area contributed by atoms with E-state index in [2.05, 4.69) is 10.2 Å². The monoisotopic (exact) mass is 232 g/mol. The molecule has 1 aromatic heterocycles. The fraction of sp³-hybridized carbons (Fsp3) is 0.100. The van der Waals surface area contributed by atoms with E-state index in [1.807, 2.05) is 6.07 Å². The van der Waals surface area contributed by atoms with Crippen molar-refractivity contribution in [3.8, 4) is 17.5 Å². The lowest BCUT2D eigenvalue weighted by Crippen LogP contribution is -2.25. The van der Waals surface area contributed by atoms with Crippen LogP contribution in [0.2, 0.25) is 0 Å². The maximum Gasteiger partial charge on any atom is 0.349 e. The van der Waals surface area contributed by atoms with Crippen LogP contribution in [-0.2, 0) is 0 Å². The smallest absolute Gasteiger partial charge is 0.349 e. The summed E-state index contributed by atoms with van der Waals surface area (Å²) >= 11 is 0. The van der Waals surface area contributed by atoms with E-state index < -0.39 is 11.4 Å². The van der Waals surface area contributed by atoms with Crippen LogP contribution in [-0.4, -0.2) is 21.4 Å². The van der Waals surface area contributed by atoms with Crippen LogP contribution in [0.1, 0.15) is 0 Å². The minimum Gasteiger partial charge on any atom is -0.477 e. The molecule has 0 saturated heterocycles. The molecule has 0 spiro atoms. The predicted octanol–water partition coefficient (Wildman–Crippen LogP) is -0.244. The highest BCUT2D eigenvalue weighted by atomic mass is 16.5. The summed E-state index contributed by atoms with van der Waals surface area (Å²) in [4.78, 5) is 22.8. The normalized spacial score (nSPS) is 9.82. The molecule has 0 unspecified atom stereocenters. The molecule has 0 fully saturated rings. The van der Waals surface area contributed by atoms with Crippen LogP contribution >= 0.6 is 0 Å². The maximum absolute atomic E-state index is 11.4. The van der Waals surface area contributed by atoms with Crippen molar-refractivity contribution in [3.63, 3.8) is 0 Å². The second-order valence-electron chi connectivity index (χ2n) is 3.11. The van der Waals surface area contributed by atoms with Gasteiger partial charge in [-0.15, -0.1) is 0 Å². The average Bonchev–Trinajstić information content (AvgIpc) is 2.67. The van der Waals surface area contributed by atoms with Crippen LogP contribution in [0.15, 0.2) is 33.9 Å². The lowest BCUT2D eigenvalue weighted by atomic mass is 10.3. The van der Waals surface area contributed by atoms with Crippen LogP contribution in [0.4, 0.5) is 0 Å². The molecule has 2 N–H and O–H groups in total. The van der Waals surface area contributed by atoms with E-state index in [1.54, 1.807) is 24.3 Å². The van der Waals surface area contributed by atoms with Crippen LogP contribution in [0.5, 0.6) is 5.75 Å². The first kappa shape index (κ1) is 10.8. The van der Waals surface area contributed by atoms with Crippen molar-refractivity contribution in [2.75, 3.05) is 6.61 Å². The summed E-state index contributed by atoms with van der Waals surface area (Å²) in [5.41, 5.74) is -0.902. The Morgan fingerprint density at radius 1 is 1.24 bits per heavy atom. The van der Waals surface area contributed by atoms with Gasteiger partial charge in [0.2, 0.25) is 0 Å². The van der Waals surface area contributed by atoms with Gasteiger partial charge >= 0.3 is 11.4 Å². The average molecular weight is 232 g/mol. The molecule has 86 valence electrons. The molecule has 7 heteroatoms. The second-order valence-corrected chi connectivity index (χ2v) is 3.11. The van der Waals surface area contributed by atoms with Crippen LogP contribution in [0.3, 0.4) is 0 Å². The Hall–Kier alpha value is -2.75. The fourth-order valence-electron chi connectivity index (χ4n) is 1.40. The number of H-pyrrole nitrogens is 2. The van der Waals surface area contributed by atoms with E-state index in [0.717, 1.165) is 4.57 Å². The first-order chi connectivity index (χ1) is 8.24. The third-order valence-electron chi connectivity index (χ3n) is 2.08.